The molecule has 2 aliphatic rings. The van der Waals surface area contributed by atoms with Crippen LogP contribution < -0.4 is 9.47 Å². The number of carbonyl (C=O) groups is 2. The number of amides is 1. The minimum Gasteiger partial charge on any atom is -0.494 e. The SMILES string of the molecule is O=C(O)c1ccc(OCCCN2C(=O)C(=Cc3ccc(OCCN4CCOCC4)c(-c4ccc5[nH]ccc5c4)c3)SC2=S)cc1. The zero-order chi connectivity index (χ0) is 31.2. The number of ether oxygens (including phenoxy) is 3. The summed E-state index contributed by atoms with van der Waals surface area (Å²) in [6.07, 6.45) is 4.38. The van der Waals surface area contributed by atoms with Crippen LogP contribution in [-0.4, -0.2) is 88.7 Å². The predicted octanol–water partition coefficient (Wildman–Crippen LogP) is 5.91. The molecule has 0 atom stereocenters. The van der Waals surface area contributed by atoms with E-state index in [0.29, 0.717) is 41.2 Å². The largest absolute Gasteiger partial charge is 0.494 e. The summed E-state index contributed by atoms with van der Waals surface area (Å²) in [7, 11) is 0. The molecule has 0 unspecified atom stereocenters. The van der Waals surface area contributed by atoms with Crippen LogP contribution in [0, 0.1) is 0 Å². The molecular formula is C34H33N3O6S2. The molecule has 0 radical (unpaired) electrons. The van der Waals surface area contributed by atoms with Crippen LogP contribution in [0.3, 0.4) is 0 Å². The molecule has 1 aromatic heterocycles. The summed E-state index contributed by atoms with van der Waals surface area (Å²) in [5, 5.41) is 10.2. The maximum absolute atomic E-state index is 13.3. The van der Waals surface area contributed by atoms with Gasteiger partial charge >= 0.3 is 5.97 Å². The Hall–Kier alpha value is -4.16. The number of morpholine rings is 1. The smallest absolute Gasteiger partial charge is 0.335 e. The zero-order valence-corrected chi connectivity index (χ0v) is 26.2. The Morgan fingerprint density at radius 1 is 1.00 bits per heavy atom. The highest BCUT2D eigenvalue weighted by Crippen LogP contribution is 2.36. The van der Waals surface area contributed by atoms with E-state index in [1.807, 2.05) is 30.5 Å². The highest BCUT2D eigenvalue weighted by Gasteiger charge is 2.31. The lowest BCUT2D eigenvalue weighted by atomic mass is 10.00. The quantitative estimate of drug-likeness (QED) is 0.111. The molecule has 2 N–H and O–H groups in total. The molecule has 0 aliphatic carbocycles. The first-order valence-electron chi connectivity index (χ1n) is 14.8. The minimum absolute atomic E-state index is 0.128. The van der Waals surface area contributed by atoms with E-state index in [-0.39, 0.29) is 11.5 Å². The molecule has 6 rings (SSSR count). The molecule has 2 fully saturated rings. The Bertz CT molecular complexity index is 1730. The number of fused-ring (bicyclic) bond motifs is 1. The van der Waals surface area contributed by atoms with Gasteiger partial charge < -0.3 is 24.3 Å². The second kappa shape index (κ2) is 14.3. The van der Waals surface area contributed by atoms with Gasteiger partial charge in [0.25, 0.3) is 5.91 Å². The first-order chi connectivity index (χ1) is 21.9. The van der Waals surface area contributed by atoms with E-state index < -0.39 is 5.97 Å². The molecule has 232 valence electrons. The Labute approximate surface area is 270 Å². The first kappa shape index (κ1) is 30.8. The van der Waals surface area contributed by atoms with Gasteiger partial charge in [0.15, 0.2) is 0 Å². The van der Waals surface area contributed by atoms with E-state index in [4.69, 9.17) is 31.5 Å². The second-order valence-electron chi connectivity index (χ2n) is 10.7. The molecule has 1 amide bonds. The van der Waals surface area contributed by atoms with Crippen molar-refractivity contribution in [2.24, 2.45) is 0 Å². The maximum Gasteiger partial charge on any atom is 0.335 e. The third kappa shape index (κ3) is 7.56. The van der Waals surface area contributed by atoms with Gasteiger partial charge in [-0.2, -0.15) is 0 Å². The molecule has 3 aromatic carbocycles. The number of hydrogen-bond donors (Lipinski definition) is 2. The lowest BCUT2D eigenvalue weighted by Gasteiger charge is -2.26. The van der Waals surface area contributed by atoms with Gasteiger partial charge in [0.1, 0.15) is 22.4 Å². The van der Waals surface area contributed by atoms with Gasteiger partial charge in [-0.3, -0.25) is 14.6 Å². The molecule has 3 heterocycles. The van der Waals surface area contributed by atoms with Gasteiger partial charge in [-0.05, 0) is 83.6 Å². The van der Waals surface area contributed by atoms with Gasteiger partial charge in [-0.25, -0.2) is 4.79 Å². The fraction of sp³-hybridized carbons (Fsp3) is 0.265. The molecule has 0 bridgehead atoms. The Morgan fingerprint density at radius 3 is 2.62 bits per heavy atom. The van der Waals surface area contributed by atoms with Crippen LogP contribution in [0.5, 0.6) is 11.5 Å². The summed E-state index contributed by atoms with van der Waals surface area (Å²) >= 11 is 6.85. The number of thiocarbonyl (C=S) groups is 1. The van der Waals surface area contributed by atoms with Gasteiger partial charge in [0.2, 0.25) is 0 Å². The van der Waals surface area contributed by atoms with E-state index >= 15 is 0 Å². The normalized spacial score (nSPS) is 16.5. The molecule has 45 heavy (non-hydrogen) atoms. The van der Waals surface area contributed by atoms with Gasteiger partial charge in [-0.1, -0.05) is 36.1 Å². The minimum atomic E-state index is -0.984. The lowest BCUT2D eigenvalue weighted by molar-refractivity contribution is -0.122. The summed E-state index contributed by atoms with van der Waals surface area (Å²) in [5.74, 6) is 0.254. The van der Waals surface area contributed by atoms with Crippen molar-refractivity contribution in [3.63, 3.8) is 0 Å². The summed E-state index contributed by atoms with van der Waals surface area (Å²) in [5.41, 5.74) is 4.14. The number of nitrogens with zero attached hydrogens (tertiary/aromatic N) is 2. The van der Waals surface area contributed by atoms with Crippen LogP contribution in [0.1, 0.15) is 22.3 Å². The Kier molecular flexibility index (Phi) is 9.80. The number of nitrogens with one attached hydrogen (secondary N) is 1. The number of carbonyl (C=O) groups excluding carboxylic acids is 1. The average molecular weight is 644 g/mol. The number of aromatic carboxylic acids is 1. The number of benzene rings is 3. The Balaban J connectivity index is 1.13. The number of rotatable bonds is 12. The number of carboxylic acids is 1. The number of carboxylic acid groups (broad SMARTS) is 1. The first-order valence-corrected chi connectivity index (χ1v) is 16.0. The van der Waals surface area contributed by atoms with Crippen molar-refractivity contribution in [2.75, 3.05) is 52.6 Å². The van der Waals surface area contributed by atoms with Crippen molar-refractivity contribution < 1.29 is 28.9 Å². The maximum atomic E-state index is 13.3. The monoisotopic (exact) mass is 643 g/mol. The van der Waals surface area contributed by atoms with Crippen molar-refractivity contribution in [1.29, 1.82) is 0 Å². The summed E-state index contributed by atoms with van der Waals surface area (Å²) in [6.45, 7) is 5.50. The molecule has 9 nitrogen and oxygen atoms in total. The molecule has 0 saturated carbocycles. The molecule has 2 aliphatic heterocycles. The fourth-order valence-corrected chi connectivity index (χ4v) is 6.58. The fourth-order valence-electron chi connectivity index (χ4n) is 5.27. The number of H-pyrrole nitrogens is 1. The molecule has 0 spiro atoms. The number of hydrogen-bond acceptors (Lipinski definition) is 8. The number of aromatic nitrogens is 1. The predicted molar refractivity (Wildman–Crippen MR) is 180 cm³/mol. The van der Waals surface area contributed by atoms with Crippen LogP contribution >= 0.6 is 24.0 Å². The molecule has 11 heteroatoms. The van der Waals surface area contributed by atoms with Crippen LogP contribution in [0.15, 0.2) is 77.8 Å². The van der Waals surface area contributed by atoms with Gasteiger partial charge in [-0.15, -0.1) is 0 Å². The third-order valence-electron chi connectivity index (χ3n) is 7.70. The zero-order valence-electron chi connectivity index (χ0n) is 24.6. The summed E-state index contributed by atoms with van der Waals surface area (Å²) in [6, 6.07) is 20.6. The summed E-state index contributed by atoms with van der Waals surface area (Å²) in [4.78, 5) is 32.1. The topological polar surface area (TPSA) is 104 Å². The lowest BCUT2D eigenvalue weighted by Crippen LogP contribution is -2.38. The molecule has 2 saturated heterocycles. The van der Waals surface area contributed by atoms with Gasteiger partial charge in [0.05, 0.1) is 30.3 Å². The van der Waals surface area contributed by atoms with Crippen molar-refractivity contribution in [1.82, 2.24) is 14.8 Å². The highest BCUT2D eigenvalue weighted by molar-refractivity contribution is 8.26. The van der Waals surface area contributed by atoms with E-state index in [0.717, 1.165) is 66.2 Å². The van der Waals surface area contributed by atoms with Crippen LogP contribution in [-0.2, 0) is 9.53 Å². The van der Waals surface area contributed by atoms with E-state index in [1.54, 1.807) is 17.0 Å². The average Bonchev–Trinajstić information content (AvgIpc) is 3.63. The van der Waals surface area contributed by atoms with Crippen LogP contribution in [0.25, 0.3) is 28.1 Å². The van der Waals surface area contributed by atoms with Gasteiger partial charge in [0, 0.05) is 43.5 Å². The standard InChI is InChI=1S/C34H33N3O6S2/c38-32-31(45-34(44)37(32)12-1-16-42-27-6-3-24(4-7-27)33(39)40)21-23-2-9-30(43-19-15-36-13-17-41-18-14-36)28(20-23)25-5-8-29-26(22-25)10-11-35-29/h2-11,20-22,35H,1,12-19H2,(H,39,40). The van der Waals surface area contributed by atoms with Crippen molar-refractivity contribution in [2.45, 2.75) is 6.42 Å². The summed E-state index contributed by atoms with van der Waals surface area (Å²) < 4.78 is 18.0. The van der Waals surface area contributed by atoms with E-state index in [2.05, 4.69) is 34.1 Å². The Morgan fingerprint density at radius 2 is 1.82 bits per heavy atom. The van der Waals surface area contributed by atoms with Crippen LogP contribution in [0.4, 0.5) is 0 Å². The highest BCUT2D eigenvalue weighted by atomic mass is 32.2. The van der Waals surface area contributed by atoms with Crippen LogP contribution in [0.2, 0.25) is 0 Å². The third-order valence-corrected chi connectivity index (χ3v) is 9.08. The number of aromatic amines is 1. The van der Waals surface area contributed by atoms with Crippen molar-refractivity contribution >= 4 is 57.2 Å². The molecule has 4 aromatic rings. The number of thioether (sulfide) groups is 1. The van der Waals surface area contributed by atoms with E-state index in [1.165, 1.54) is 23.9 Å². The van der Waals surface area contributed by atoms with Crippen molar-refractivity contribution in [3.8, 4) is 22.6 Å². The van der Waals surface area contributed by atoms with Crippen molar-refractivity contribution in [3.05, 3.63) is 89.0 Å². The molecular weight excluding hydrogens is 611 g/mol. The van der Waals surface area contributed by atoms with E-state index in [9.17, 15) is 9.59 Å². The second-order valence-corrected chi connectivity index (χ2v) is 12.4.